The molecule has 0 amide bonds. The lowest BCUT2D eigenvalue weighted by atomic mass is 10.2. The Bertz CT molecular complexity index is 371. The van der Waals surface area contributed by atoms with E-state index in [2.05, 4.69) is 41.5 Å². The number of carbonyl (C=O) groups excluding carboxylic acids is 1. The second-order valence-electron chi connectivity index (χ2n) is 4.91. The van der Waals surface area contributed by atoms with E-state index in [4.69, 9.17) is 0 Å². The SMILES string of the molecule is C[Si](C)(C)N(Cc1ccccc1)/N=C/CC=O. The summed E-state index contributed by atoms with van der Waals surface area (Å²) in [7, 11) is -1.50. The molecule has 0 saturated carbocycles. The number of rotatable bonds is 6. The lowest BCUT2D eigenvalue weighted by Gasteiger charge is -2.31. The topological polar surface area (TPSA) is 32.7 Å². The summed E-state index contributed by atoms with van der Waals surface area (Å²) in [6.45, 7) is 7.54. The third-order valence-electron chi connectivity index (χ3n) is 2.37. The van der Waals surface area contributed by atoms with Crippen molar-refractivity contribution < 1.29 is 4.79 Å². The molecule has 0 fully saturated rings. The summed E-state index contributed by atoms with van der Waals surface area (Å²) in [4.78, 5) is 10.3. The zero-order chi connectivity index (χ0) is 12.7. The van der Waals surface area contributed by atoms with Gasteiger partial charge in [0.2, 0.25) is 0 Å². The Morgan fingerprint density at radius 2 is 1.88 bits per heavy atom. The average molecular weight is 248 g/mol. The summed E-state index contributed by atoms with van der Waals surface area (Å²) in [5, 5.41) is 4.42. The van der Waals surface area contributed by atoms with Crippen molar-refractivity contribution in [2.45, 2.75) is 32.6 Å². The van der Waals surface area contributed by atoms with Gasteiger partial charge >= 0.3 is 0 Å². The minimum Gasteiger partial charge on any atom is -0.321 e. The van der Waals surface area contributed by atoms with E-state index >= 15 is 0 Å². The summed E-state index contributed by atoms with van der Waals surface area (Å²) in [6.07, 6.45) is 2.94. The normalized spacial score (nSPS) is 11.7. The van der Waals surface area contributed by atoms with Gasteiger partial charge in [0.25, 0.3) is 0 Å². The highest BCUT2D eigenvalue weighted by molar-refractivity contribution is 6.73. The molecular weight excluding hydrogens is 228 g/mol. The molecule has 0 aliphatic rings. The van der Waals surface area contributed by atoms with Gasteiger partial charge in [-0.1, -0.05) is 50.0 Å². The van der Waals surface area contributed by atoms with Crippen LogP contribution in [-0.4, -0.2) is 25.4 Å². The van der Waals surface area contributed by atoms with Gasteiger partial charge in [-0.25, -0.2) is 0 Å². The van der Waals surface area contributed by atoms with E-state index in [-0.39, 0.29) is 0 Å². The highest BCUT2D eigenvalue weighted by atomic mass is 28.3. The smallest absolute Gasteiger partial charge is 0.169 e. The molecule has 0 N–H and O–H groups in total. The van der Waals surface area contributed by atoms with E-state index in [0.29, 0.717) is 6.42 Å². The van der Waals surface area contributed by atoms with Crippen molar-refractivity contribution in [2.24, 2.45) is 5.10 Å². The highest BCUT2D eigenvalue weighted by Gasteiger charge is 2.22. The van der Waals surface area contributed by atoms with E-state index in [1.807, 2.05) is 18.2 Å². The van der Waals surface area contributed by atoms with Crippen LogP contribution in [0.25, 0.3) is 0 Å². The Balaban J connectivity index is 2.74. The first-order valence-electron chi connectivity index (χ1n) is 5.81. The molecule has 0 bridgehead atoms. The minimum absolute atomic E-state index is 0.385. The second-order valence-corrected chi connectivity index (χ2v) is 9.77. The van der Waals surface area contributed by atoms with Crippen LogP contribution in [0, 0.1) is 0 Å². The van der Waals surface area contributed by atoms with E-state index in [1.54, 1.807) is 6.21 Å². The molecule has 0 aromatic heterocycles. The predicted octanol–water partition coefficient (Wildman–Crippen LogP) is 2.90. The van der Waals surface area contributed by atoms with Crippen molar-refractivity contribution in [1.29, 1.82) is 0 Å². The maximum atomic E-state index is 10.3. The van der Waals surface area contributed by atoms with Gasteiger partial charge in [0, 0.05) is 12.6 Å². The average Bonchev–Trinajstić information content (AvgIpc) is 2.28. The molecular formula is C13H20N2OSi. The zero-order valence-corrected chi connectivity index (χ0v) is 11.8. The zero-order valence-electron chi connectivity index (χ0n) is 10.8. The molecule has 1 aromatic carbocycles. The van der Waals surface area contributed by atoms with E-state index < -0.39 is 8.24 Å². The molecule has 17 heavy (non-hydrogen) atoms. The van der Waals surface area contributed by atoms with Gasteiger partial charge < -0.3 is 9.47 Å². The first-order valence-corrected chi connectivity index (χ1v) is 9.26. The number of benzene rings is 1. The van der Waals surface area contributed by atoms with Crippen LogP contribution < -0.4 is 0 Å². The number of aldehydes is 1. The number of hydrogen-bond acceptors (Lipinski definition) is 3. The Kier molecular flexibility index (Phi) is 5.09. The molecule has 92 valence electrons. The van der Waals surface area contributed by atoms with Gasteiger partial charge in [0.05, 0.1) is 6.54 Å². The standard InChI is InChI=1S/C13H20N2OSi/c1-17(2,3)15(14-10-7-11-16)12-13-8-5-4-6-9-13/h4-6,8-11H,7,12H2,1-3H3/b14-10+. The molecule has 0 unspecified atom stereocenters. The number of hydrazone groups is 1. The highest BCUT2D eigenvalue weighted by Crippen LogP contribution is 2.14. The first-order chi connectivity index (χ1) is 8.04. The molecule has 0 saturated heterocycles. The molecule has 3 nitrogen and oxygen atoms in total. The second kappa shape index (κ2) is 6.35. The van der Waals surface area contributed by atoms with E-state index in [0.717, 1.165) is 12.8 Å². The molecule has 1 aromatic rings. The van der Waals surface area contributed by atoms with Crippen molar-refractivity contribution in [2.75, 3.05) is 0 Å². The Morgan fingerprint density at radius 3 is 2.41 bits per heavy atom. The van der Waals surface area contributed by atoms with Crippen molar-refractivity contribution >= 4 is 20.7 Å². The van der Waals surface area contributed by atoms with Crippen LogP contribution in [0.5, 0.6) is 0 Å². The summed E-state index contributed by atoms with van der Waals surface area (Å²) in [6, 6.07) is 10.3. The van der Waals surface area contributed by atoms with Crippen molar-refractivity contribution in [3.05, 3.63) is 35.9 Å². The fourth-order valence-electron chi connectivity index (χ4n) is 1.40. The maximum absolute atomic E-state index is 10.3. The monoisotopic (exact) mass is 248 g/mol. The Hall–Kier alpha value is -1.42. The minimum atomic E-state index is -1.50. The van der Waals surface area contributed by atoms with E-state index in [9.17, 15) is 4.79 Å². The van der Waals surface area contributed by atoms with Crippen LogP contribution in [0.1, 0.15) is 12.0 Å². The van der Waals surface area contributed by atoms with Gasteiger partial charge in [-0.3, -0.25) is 0 Å². The predicted molar refractivity (Wildman–Crippen MR) is 74.5 cm³/mol. The van der Waals surface area contributed by atoms with Crippen LogP contribution in [0.2, 0.25) is 19.6 Å². The number of hydrogen-bond donors (Lipinski definition) is 0. The molecule has 0 heterocycles. The van der Waals surface area contributed by atoms with Crippen molar-refractivity contribution in [3.8, 4) is 0 Å². The first kappa shape index (κ1) is 13.6. The van der Waals surface area contributed by atoms with E-state index in [1.165, 1.54) is 5.56 Å². The number of nitrogens with zero attached hydrogens (tertiary/aromatic N) is 2. The van der Waals surface area contributed by atoms with Crippen LogP contribution >= 0.6 is 0 Å². The van der Waals surface area contributed by atoms with Gasteiger partial charge in [-0.15, -0.1) is 0 Å². The lowest BCUT2D eigenvalue weighted by molar-refractivity contribution is -0.106. The van der Waals surface area contributed by atoms with Gasteiger partial charge in [-0.2, -0.15) is 5.10 Å². The van der Waals surface area contributed by atoms with Crippen molar-refractivity contribution in [1.82, 2.24) is 4.67 Å². The van der Waals surface area contributed by atoms with Crippen LogP contribution in [0.3, 0.4) is 0 Å². The molecule has 0 aliphatic carbocycles. The molecule has 0 atom stereocenters. The maximum Gasteiger partial charge on any atom is 0.169 e. The lowest BCUT2D eigenvalue weighted by Crippen LogP contribution is -2.41. The van der Waals surface area contributed by atoms with Crippen LogP contribution in [0.15, 0.2) is 35.4 Å². The molecule has 0 aliphatic heterocycles. The Labute approximate surface area is 104 Å². The van der Waals surface area contributed by atoms with Crippen molar-refractivity contribution in [3.63, 3.8) is 0 Å². The van der Waals surface area contributed by atoms with Crippen LogP contribution in [0.4, 0.5) is 0 Å². The third-order valence-corrected chi connectivity index (χ3v) is 4.19. The molecule has 4 heteroatoms. The fraction of sp³-hybridized carbons (Fsp3) is 0.385. The fourth-order valence-corrected chi connectivity index (χ4v) is 2.48. The van der Waals surface area contributed by atoms with Gasteiger partial charge in [-0.05, 0) is 5.56 Å². The van der Waals surface area contributed by atoms with Gasteiger partial charge in [0.15, 0.2) is 8.24 Å². The molecule has 1 rings (SSSR count). The largest absolute Gasteiger partial charge is 0.321 e. The summed E-state index contributed by atoms with van der Waals surface area (Å²) in [5.41, 5.74) is 1.25. The summed E-state index contributed by atoms with van der Waals surface area (Å²) >= 11 is 0. The van der Waals surface area contributed by atoms with Crippen LogP contribution in [-0.2, 0) is 11.3 Å². The number of carbonyl (C=O) groups is 1. The summed E-state index contributed by atoms with van der Waals surface area (Å²) in [5.74, 6) is 0. The Morgan fingerprint density at radius 1 is 1.24 bits per heavy atom. The van der Waals surface area contributed by atoms with Gasteiger partial charge in [0.1, 0.15) is 6.29 Å². The summed E-state index contributed by atoms with van der Waals surface area (Å²) < 4.78 is 2.13. The molecule has 0 radical (unpaired) electrons. The molecule has 0 spiro atoms. The third kappa shape index (κ3) is 4.95. The quantitative estimate of drug-likeness (QED) is 0.335.